The minimum atomic E-state index is -1.26. The molecule has 1 atom stereocenters. The van der Waals surface area contributed by atoms with E-state index in [9.17, 15) is 24.3 Å². The molecule has 2 aromatic carbocycles. The number of benzene rings is 2. The van der Waals surface area contributed by atoms with Crippen molar-refractivity contribution in [2.45, 2.75) is 19.6 Å². The van der Waals surface area contributed by atoms with E-state index in [0.29, 0.717) is 11.3 Å². The van der Waals surface area contributed by atoms with Gasteiger partial charge in [0.15, 0.2) is 0 Å². The Kier molecular flexibility index (Phi) is 6.76. The Morgan fingerprint density at radius 2 is 1.81 bits per heavy atom. The first-order valence-electron chi connectivity index (χ1n) is 9.19. The van der Waals surface area contributed by atoms with E-state index in [1.165, 1.54) is 32.2 Å². The predicted octanol–water partition coefficient (Wildman–Crippen LogP) is 2.23. The Morgan fingerprint density at radius 1 is 1.13 bits per heavy atom. The highest BCUT2D eigenvalue weighted by Gasteiger charge is 2.41. The molecule has 0 radical (unpaired) electrons. The van der Waals surface area contributed by atoms with Gasteiger partial charge in [-0.05, 0) is 42.0 Å². The number of aromatic carboxylic acids is 1. The SMILES string of the molecule is COC(=O)[C@H](C)N1C(=O)S/C(=C/c2ccccc2OCc2ccc(C(=O)[O-])cc2)C1=O. The summed E-state index contributed by atoms with van der Waals surface area (Å²) in [5.41, 5.74) is 1.39. The quantitative estimate of drug-likeness (QED) is 0.476. The number of carbonyl (C=O) groups is 4. The van der Waals surface area contributed by atoms with Crippen molar-refractivity contribution < 1.29 is 33.8 Å². The summed E-state index contributed by atoms with van der Waals surface area (Å²) in [4.78, 5) is 48.5. The van der Waals surface area contributed by atoms with Crippen molar-refractivity contribution in [1.29, 1.82) is 0 Å². The average Bonchev–Trinajstić information content (AvgIpc) is 3.05. The third kappa shape index (κ3) is 4.95. The molecular formula is C22H18NO7S-. The van der Waals surface area contributed by atoms with Crippen molar-refractivity contribution in [2.75, 3.05) is 7.11 Å². The van der Waals surface area contributed by atoms with Gasteiger partial charge in [0.2, 0.25) is 0 Å². The van der Waals surface area contributed by atoms with Crippen LogP contribution in [0, 0.1) is 0 Å². The van der Waals surface area contributed by atoms with Crippen LogP contribution in [0.25, 0.3) is 6.08 Å². The lowest BCUT2D eigenvalue weighted by Crippen LogP contribution is -2.42. The van der Waals surface area contributed by atoms with Crippen LogP contribution in [-0.2, 0) is 20.9 Å². The lowest BCUT2D eigenvalue weighted by atomic mass is 10.1. The number of methoxy groups -OCH3 is 1. The molecule has 9 heteroatoms. The number of imide groups is 1. The molecule has 0 unspecified atom stereocenters. The third-order valence-electron chi connectivity index (χ3n) is 4.54. The maximum Gasteiger partial charge on any atom is 0.328 e. The molecule has 3 rings (SSSR count). The zero-order valence-electron chi connectivity index (χ0n) is 16.7. The number of nitrogens with zero attached hydrogens (tertiary/aromatic N) is 1. The van der Waals surface area contributed by atoms with Crippen LogP contribution in [0.4, 0.5) is 4.79 Å². The normalized spacial score (nSPS) is 15.8. The van der Waals surface area contributed by atoms with Crippen LogP contribution < -0.4 is 9.84 Å². The van der Waals surface area contributed by atoms with Crippen LogP contribution in [-0.4, -0.2) is 41.1 Å². The highest BCUT2D eigenvalue weighted by Crippen LogP contribution is 2.35. The van der Waals surface area contributed by atoms with E-state index >= 15 is 0 Å². The molecule has 2 aromatic rings. The van der Waals surface area contributed by atoms with Crippen LogP contribution in [0.2, 0.25) is 0 Å². The van der Waals surface area contributed by atoms with Gasteiger partial charge in [0, 0.05) is 5.56 Å². The fourth-order valence-electron chi connectivity index (χ4n) is 2.86. The van der Waals surface area contributed by atoms with Gasteiger partial charge in [-0.15, -0.1) is 0 Å². The number of hydrogen-bond donors (Lipinski definition) is 0. The van der Waals surface area contributed by atoms with Crippen molar-refractivity contribution in [3.05, 3.63) is 70.1 Å². The molecule has 31 heavy (non-hydrogen) atoms. The van der Waals surface area contributed by atoms with Gasteiger partial charge in [-0.1, -0.05) is 42.5 Å². The molecule has 1 aliphatic rings. The molecule has 8 nitrogen and oxygen atoms in total. The first-order chi connectivity index (χ1) is 14.8. The van der Waals surface area contributed by atoms with Crippen LogP contribution in [0.5, 0.6) is 5.75 Å². The third-order valence-corrected chi connectivity index (χ3v) is 5.43. The maximum absolute atomic E-state index is 12.7. The van der Waals surface area contributed by atoms with Crippen LogP contribution >= 0.6 is 11.8 Å². The van der Waals surface area contributed by atoms with Gasteiger partial charge in [-0.2, -0.15) is 0 Å². The van der Waals surface area contributed by atoms with E-state index in [4.69, 9.17) is 4.74 Å². The number of hydrogen-bond acceptors (Lipinski definition) is 8. The minimum absolute atomic E-state index is 0.0704. The molecule has 0 aliphatic carbocycles. The predicted molar refractivity (Wildman–Crippen MR) is 111 cm³/mol. The molecule has 160 valence electrons. The molecular weight excluding hydrogens is 422 g/mol. The monoisotopic (exact) mass is 440 g/mol. The molecule has 0 saturated carbocycles. The largest absolute Gasteiger partial charge is 0.545 e. The number of carboxylic acids is 1. The molecule has 1 heterocycles. The highest BCUT2D eigenvalue weighted by atomic mass is 32.2. The lowest BCUT2D eigenvalue weighted by molar-refractivity contribution is -0.255. The number of para-hydroxylation sites is 1. The molecule has 1 saturated heterocycles. The van der Waals surface area contributed by atoms with Crippen LogP contribution in [0.15, 0.2) is 53.4 Å². The fourth-order valence-corrected chi connectivity index (χ4v) is 3.76. The summed E-state index contributed by atoms with van der Waals surface area (Å²) < 4.78 is 10.4. The second-order valence-corrected chi connectivity index (χ2v) is 7.55. The smallest absolute Gasteiger partial charge is 0.328 e. The molecule has 0 N–H and O–H groups in total. The Balaban J connectivity index is 1.78. The van der Waals surface area contributed by atoms with Crippen molar-refractivity contribution in [3.8, 4) is 5.75 Å². The first kappa shape index (κ1) is 22.1. The summed E-state index contributed by atoms with van der Waals surface area (Å²) in [6.45, 7) is 1.59. The molecule has 0 spiro atoms. The first-order valence-corrected chi connectivity index (χ1v) is 10.0. The lowest BCUT2D eigenvalue weighted by Gasteiger charge is -2.18. The van der Waals surface area contributed by atoms with Gasteiger partial charge in [-0.3, -0.25) is 14.5 Å². The number of esters is 1. The zero-order valence-corrected chi connectivity index (χ0v) is 17.5. The maximum atomic E-state index is 12.7. The Hall–Kier alpha value is -3.59. The van der Waals surface area contributed by atoms with Gasteiger partial charge in [0.1, 0.15) is 18.4 Å². The van der Waals surface area contributed by atoms with Gasteiger partial charge in [0.05, 0.1) is 18.0 Å². The minimum Gasteiger partial charge on any atom is -0.545 e. The zero-order chi connectivity index (χ0) is 22.5. The molecule has 0 aromatic heterocycles. The average molecular weight is 440 g/mol. The van der Waals surface area contributed by atoms with Gasteiger partial charge >= 0.3 is 5.97 Å². The van der Waals surface area contributed by atoms with Crippen molar-refractivity contribution in [1.82, 2.24) is 4.90 Å². The van der Waals surface area contributed by atoms with Crippen molar-refractivity contribution >= 4 is 40.9 Å². The summed E-state index contributed by atoms with van der Waals surface area (Å²) in [7, 11) is 1.19. The Labute approximate surface area is 182 Å². The summed E-state index contributed by atoms with van der Waals surface area (Å²) >= 11 is 0.734. The number of ether oxygens (including phenoxy) is 2. The molecule has 1 aliphatic heterocycles. The molecule has 0 bridgehead atoms. The van der Waals surface area contributed by atoms with Gasteiger partial charge in [0.25, 0.3) is 11.1 Å². The second-order valence-electron chi connectivity index (χ2n) is 6.56. The van der Waals surface area contributed by atoms with E-state index in [0.717, 1.165) is 22.2 Å². The summed E-state index contributed by atoms with van der Waals surface area (Å²) in [5.74, 6) is -2.05. The van der Waals surface area contributed by atoms with E-state index < -0.39 is 29.1 Å². The van der Waals surface area contributed by atoms with E-state index in [1.54, 1.807) is 36.4 Å². The van der Waals surface area contributed by atoms with Crippen LogP contribution in [0.3, 0.4) is 0 Å². The number of carbonyl (C=O) groups excluding carboxylic acids is 4. The fraction of sp³-hybridized carbons (Fsp3) is 0.182. The van der Waals surface area contributed by atoms with Crippen molar-refractivity contribution in [2.24, 2.45) is 0 Å². The summed E-state index contributed by atoms with van der Waals surface area (Å²) in [5, 5.41) is 10.3. The van der Waals surface area contributed by atoms with Crippen molar-refractivity contribution in [3.63, 3.8) is 0 Å². The summed E-state index contributed by atoms with van der Waals surface area (Å²) in [6, 6.07) is 12.0. The Morgan fingerprint density at radius 3 is 2.45 bits per heavy atom. The highest BCUT2D eigenvalue weighted by molar-refractivity contribution is 8.18. The Bertz CT molecular complexity index is 1060. The number of carboxylic acid groups (broad SMARTS) is 1. The molecule has 1 fully saturated rings. The number of thioether (sulfide) groups is 1. The number of amides is 2. The van der Waals surface area contributed by atoms with E-state index in [1.807, 2.05) is 0 Å². The number of rotatable bonds is 7. The standard InChI is InChI=1S/C22H19NO7S/c1-13(21(27)29-2)23-19(24)18(31-22(23)28)11-16-5-3-4-6-17(16)30-12-14-7-9-15(10-8-14)20(25)26/h3-11,13H,12H2,1-2H3,(H,25,26)/p-1/b18-11+/t13-/m0/s1. The summed E-state index contributed by atoms with van der Waals surface area (Å²) in [6.07, 6.45) is 1.53. The van der Waals surface area contributed by atoms with E-state index in [2.05, 4.69) is 4.74 Å². The van der Waals surface area contributed by atoms with Gasteiger partial charge < -0.3 is 19.4 Å². The van der Waals surface area contributed by atoms with Gasteiger partial charge in [-0.25, -0.2) is 4.79 Å². The molecule has 2 amide bonds. The van der Waals surface area contributed by atoms with E-state index in [-0.39, 0.29) is 17.1 Å². The topological polar surface area (TPSA) is 113 Å². The van der Waals surface area contributed by atoms with Crippen LogP contribution in [0.1, 0.15) is 28.4 Å². The second kappa shape index (κ2) is 9.48.